The highest BCUT2D eigenvalue weighted by Gasteiger charge is 2.45. The van der Waals surface area contributed by atoms with Crippen molar-refractivity contribution in [2.45, 2.75) is 44.3 Å². The quantitative estimate of drug-likeness (QED) is 0.921. The zero-order valence-electron chi connectivity index (χ0n) is 12.7. The Kier molecular flexibility index (Phi) is 4.04. The summed E-state index contributed by atoms with van der Waals surface area (Å²) in [6, 6.07) is 5.12. The second-order valence-electron chi connectivity index (χ2n) is 6.07. The van der Waals surface area contributed by atoms with Crippen LogP contribution in [0.4, 0.5) is 13.2 Å². The molecule has 0 spiro atoms. The molecule has 0 bridgehead atoms. The summed E-state index contributed by atoms with van der Waals surface area (Å²) in [5, 5.41) is 2.82. The highest BCUT2D eigenvalue weighted by Crippen LogP contribution is 2.43. The maximum Gasteiger partial charge on any atom is 0.391 e. The van der Waals surface area contributed by atoms with Crippen LogP contribution in [0.3, 0.4) is 0 Å². The van der Waals surface area contributed by atoms with Crippen molar-refractivity contribution in [3.05, 3.63) is 36.3 Å². The molecule has 124 valence electrons. The molecule has 3 rings (SSSR count). The first-order valence-corrected chi connectivity index (χ1v) is 7.62. The maximum atomic E-state index is 13.2. The van der Waals surface area contributed by atoms with Crippen LogP contribution in [-0.4, -0.2) is 27.5 Å². The van der Waals surface area contributed by atoms with E-state index in [1.165, 1.54) is 6.92 Å². The molecule has 0 radical (unpaired) electrons. The van der Waals surface area contributed by atoms with Crippen molar-refractivity contribution in [1.29, 1.82) is 0 Å². The Balaban J connectivity index is 1.98. The number of nitrogens with zero attached hydrogens (tertiary/aromatic N) is 2. The Morgan fingerprint density at radius 3 is 2.83 bits per heavy atom. The molecule has 0 saturated heterocycles. The van der Waals surface area contributed by atoms with Crippen molar-refractivity contribution in [3.63, 3.8) is 0 Å². The fourth-order valence-corrected chi connectivity index (χ4v) is 3.50. The number of hydrogen-bond donors (Lipinski definition) is 1. The van der Waals surface area contributed by atoms with Gasteiger partial charge < -0.3 is 9.72 Å². The van der Waals surface area contributed by atoms with Crippen molar-refractivity contribution in [2.24, 2.45) is 5.92 Å². The lowest BCUT2D eigenvalue weighted by Gasteiger charge is -2.37. The number of imidazole rings is 1. The Hall–Kier alpha value is -2.05. The van der Waals surface area contributed by atoms with E-state index < -0.39 is 18.0 Å². The molecule has 1 amide bonds. The number of pyridine rings is 1. The minimum absolute atomic E-state index is 0.0221. The second-order valence-corrected chi connectivity index (χ2v) is 6.07. The lowest BCUT2D eigenvalue weighted by atomic mass is 9.75. The Labute approximate surface area is 131 Å². The molecule has 1 fully saturated rings. The topological polar surface area (TPSA) is 46.4 Å². The van der Waals surface area contributed by atoms with Gasteiger partial charge in [0.2, 0.25) is 5.91 Å². The number of rotatable bonds is 2. The number of carbonyl (C=O) groups is 1. The first-order valence-electron chi connectivity index (χ1n) is 7.62. The predicted molar refractivity (Wildman–Crippen MR) is 78.9 cm³/mol. The van der Waals surface area contributed by atoms with Crippen LogP contribution in [0, 0.1) is 5.92 Å². The lowest BCUT2D eigenvalue weighted by Crippen LogP contribution is -2.44. The van der Waals surface area contributed by atoms with E-state index in [4.69, 9.17) is 0 Å². The van der Waals surface area contributed by atoms with Gasteiger partial charge in [-0.05, 0) is 31.4 Å². The lowest BCUT2D eigenvalue weighted by molar-refractivity contribution is -0.184. The molecule has 3 unspecified atom stereocenters. The molecular formula is C16H18F3N3O. The fourth-order valence-electron chi connectivity index (χ4n) is 3.50. The third kappa shape index (κ3) is 3.18. The van der Waals surface area contributed by atoms with E-state index in [1.807, 2.05) is 6.07 Å². The zero-order chi connectivity index (χ0) is 16.6. The normalized spacial score (nSPS) is 25.5. The van der Waals surface area contributed by atoms with Crippen LogP contribution in [0.15, 0.2) is 30.6 Å². The average Bonchev–Trinajstić information content (AvgIpc) is 2.94. The van der Waals surface area contributed by atoms with Crippen LogP contribution in [0.5, 0.6) is 0 Å². The summed E-state index contributed by atoms with van der Waals surface area (Å²) in [5.74, 6) is -1.95. The van der Waals surface area contributed by atoms with Gasteiger partial charge in [0.25, 0.3) is 0 Å². The summed E-state index contributed by atoms with van der Waals surface area (Å²) in [4.78, 5) is 15.6. The van der Waals surface area contributed by atoms with Gasteiger partial charge in [-0.15, -0.1) is 0 Å². The fraction of sp³-hybridized carbons (Fsp3) is 0.500. The molecule has 2 heterocycles. The number of amides is 1. The average molecular weight is 325 g/mol. The van der Waals surface area contributed by atoms with E-state index in [2.05, 4.69) is 10.3 Å². The molecule has 0 aromatic carbocycles. The molecule has 7 heteroatoms. The summed E-state index contributed by atoms with van der Waals surface area (Å²) < 4.78 is 41.3. The van der Waals surface area contributed by atoms with E-state index in [1.54, 1.807) is 28.9 Å². The van der Waals surface area contributed by atoms with Crippen molar-refractivity contribution in [2.75, 3.05) is 0 Å². The summed E-state index contributed by atoms with van der Waals surface area (Å²) in [5.41, 5.74) is 1.45. The first-order chi connectivity index (χ1) is 10.9. The van der Waals surface area contributed by atoms with E-state index in [0.717, 1.165) is 5.69 Å². The summed E-state index contributed by atoms with van der Waals surface area (Å²) in [6.45, 7) is 1.39. The van der Waals surface area contributed by atoms with Crippen LogP contribution in [-0.2, 0) is 4.79 Å². The number of alkyl halides is 3. The number of hydrogen-bond acceptors (Lipinski definition) is 2. The minimum atomic E-state index is -4.21. The van der Waals surface area contributed by atoms with Gasteiger partial charge in [-0.1, -0.05) is 6.07 Å². The van der Waals surface area contributed by atoms with Crippen LogP contribution in [0.2, 0.25) is 0 Å². The standard InChI is InChI=1S/C16H18F3N3O/c1-10(23)21-13-6-5-11(16(17,18)19)9-12(13)14-3-2-4-15-20-7-8-22(14)15/h2-4,7-8,11-13H,5-6,9H2,1H3,(H,21,23). The number of fused-ring (bicyclic) bond motifs is 1. The highest BCUT2D eigenvalue weighted by molar-refractivity contribution is 5.73. The van der Waals surface area contributed by atoms with Gasteiger partial charge in [-0.3, -0.25) is 4.79 Å². The van der Waals surface area contributed by atoms with Crippen LogP contribution in [0.1, 0.15) is 37.8 Å². The third-order valence-electron chi connectivity index (χ3n) is 4.54. The first kappa shape index (κ1) is 15.8. The molecule has 4 nitrogen and oxygen atoms in total. The van der Waals surface area contributed by atoms with Gasteiger partial charge in [0.15, 0.2) is 0 Å². The number of nitrogens with one attached hydrogen (secondary N) is 1. The predicted octanol–water partition coefficient (Wildman–Crippen LogP) is 3.29. The third-order valence-corrected chi connectivity index (χ3v) is 4.54. The molecule has 3 atom stereocenters. The van der Waals surface area contributed by atoms with Gasteiger partial charge in [0.05, 0.1) is 5.92 Å². The molecular weight excluding hydrogens is 307 g/mol. The molecule has 1 N–H and O–H groups in total. The smallest absolute Gasteiger partial charge is 0.353 e. The molecule has 1 aliphatic rings. The monoisotopic (exact) mass is 325 g/mol. The Morgan fingerprint density at radius 2 is 2.13 bits per heavy atom. The molecule has 23 heavy (non-hydrogen) atoms. The molecule has 1 saturated carbocycles. The maximum absolute atomic E-state index is 13.2. The van der Waals surface area contributed by atoms with Gasteiger partial charge in [-0.2, -0.15) is 13.2 Å². The summed E-state index contributed by atoms with van der Waals surface area (Å²) in [7, 11) is 0. The molecule has 2 aromatic rings. The Bertz CT molecular complexity index is 710. The van der Waals surface area contributed by atoms with Crippen molar-refractivity contribution in [1.82, 2.24) is 14.7 Å². The number of aromatic nitrogens is 2. The Morgan fingerprint density at radius 1 is 1.35 bits per heavy atom. The van der Waals surface area contributed by atoms with E-state index in [0.29, 0.717) is 12.1 Å². The molecule has 0 aliphatic heterocycles. The van der Waals surface area contributed by atoms with Gasteiger partial charge in [-0.25, -0.2) is 4.98 Å². The van der Waals surface area contributed by atoms with E-state index in [-0.39, 0.29) is 24.8 Å². The minimum Gasteiger partial charge on any atom is -0.353 e. The summed E-state index contributed by atoms with van der Waals surface area (Å²) in [6.07, 6.45) is -0.499. The highest BCUT2D eigenvalue weighted by atomic mass is 19.4. The number of halogens is 3. The van der Waals surface area contributed by atoms with Crippen LogP contribution in [0.25, 0.3) is 5.65 Å². The molecule has 2 aromatic heterocycles. The summed E-state index contributed by atoms with van der Waals surface area (Å²) >= 11 is 0. The van der Waals surface area contributed by atoms with Crippen LogP contribution < -0.4 is 5.32 Å². The second kappa shape index (κ2) is 5.86. The van der Waals surface area contributed by atoms with Gasteiger partial charge >= 0.3 is 6.18 Å². The SMILES string of the molecule is CC(=O)NC1CCC(C(F)(F)F)CC1c1cccc2nccn12. The zero-order valence-corrected chi connectivity index (χ0v) is 12.7. The van der Waals surface area contributed by atoms with Gasteiger partial charge in [0.1, 0.15) is 5.65 Å². The van der Waals surface area contributed by atoms with E-state index in [9.17, 15) is 18.0 Å². The van der Waals surface area contributed by atoms with Crippen molar-refractivity contribution >= 4 is 11.6 Å². The molecule has 1 aliphatic carbocycles. The number of carbonyl (C=O) groups excluding carboxylic acids is 1. The van der Waals surface area contributed by atoms with E-state index >= 15 is 0 Å². The largest absolute Gasteiger partial charge is 0.391 e. The van der Waals surface area contributed by atoms with Crippen molar-refractivity contribution < 1.29 is 18.0 Å². The van der Waals surface area contributed by atoms with Crippen LogP contribution >= 0.6 is 0 Å². The van der Waals surface area contributed by atoms with Gasteiger partial charge in [0, 0.05) is 37.0 Å². The van der Waals surface area contributed by atoms with Crippen molar-refractivity contribution in [3.8, 4) is 0 Å².